The van der Waals surface area contributed by atoms with Gasteiger partial charge in [0.25, 0.3) is 0 Å². The molecule has 6 unspecified atom stereocenters. The van der Waals surface area contributed by atoms with Crippen LogP contribution in [0.4, 0.5) is 0 Å². The fraction of sp³-hybridized carbons (Fsp3) is 0.500. The Hall–Kier alpha value is -1.94. The Morgan fingerprint density at radius 1 is 0.587 bits per heavy atom. The van der Waals surface area contributed by atoms with E-state index in [1.807, 2.05) is 0 Å². The van der Waals surface area contributed by atoms with Gasteiger partial charge in [0, 0.05) is 0 Å². The molecule has 0 heterocycles. The minimum atomic E-state index is -1.64. The zero-order chi connectivity index (χ0) is 34.0. The average Bonchev–Trinajstić information content (AvgIpc) is 3.49. The fourth-order valence-electron chi connectivity index (χ4n) is 6.31. The number of carbonyl (C=O) groups excluding carboxylic acids is 4. The normalized spacial score (nSPS) is 24.0. The lowest BCUT2D eigenvalue weighted by Crippen LogP contribution is -2.28. The van der Waals surface area contributed by atoms with Crippen LogP contribution in [0.5, 0.6) is 11.5 Å². The third kappa shape index (κ3) is 8.37. The van der Waals surface area contributed by atoms with Crippen LogP contribution in [0.3, 0.4) is 0 Å². The summed E-state index contributed by atoms with van der Waals surface area (Å²) in [4.78, 5) is 52.3. The lowest BCUT2D eigenvalue weighted by molar-refractivity contribution is -0.156. The lowest BCUT2D eigenvalue weighted by Gasteiger charge is -2.18. The first-order chi connectivity index (χ1) is 21.6. The third-order valence-electron chi connectivity index (χ3n) is 8.64. The molecule has 8 nitrogen and oxygen atoms in total. The quantitative estimate of drug-likeness (QED) is 0.114. The van der Waals surface area contributed by atoms with Gasteiger partial charge in [-0.2, -0.15) is 0 Å². The number of carbonyl (C=O) groups is 4. The molecule has 6 atom stereocenters. The van der Waals surface area contributed by atoms with Crippen LogP contribution in [-0.4, -0.2) is 37.1 Å². The van der Waals surface area contributed by atoms with Gasteiger partial charge in [0.15, 0.2) is 11.5 Å². The Bertz CT molecular complexity index is 1430. The van der Waals surface area contributed by atoms with E-state index in [2.05, 4.69) is 27.7 Å². The van der Waals surface area contributed by atoms with Crippen molar-refractivity contribution in [2.45, 2.75) is 53.4 Å². The van der Waals surface area contributed by atoms with Gasteiger partial charge in [-0.15, -0.1) is 0 Å². The molecule has 0 amide bonds. The molecule has 0 radical (unpaired) electrons. The largest absolute Gasteiger partial charge is 0.462 e. The molecule has 250 valence electrons. The van der Waals surface area contributed by atoms with Gasteiger partial charge >= 0.3 is 23.9 Å². The standard InChI is InChI=1S/C32H32Cl6O8/c1-13-5-15(3)17(7-13)11-43-29(39)23-25(37)19(33)9-21(35)27(23)45-31(41)32(42)46-28-22(36)10-20(34)26(38)24(28)30(40)44-12-18-8-14(2)6-16(18)4/h9-10,13-18H,5-8,11-12H2,1-4H3. The highest BCUT2D eigenvalue weighted by Crippen LogP contribution is 2.43. The number of esters is 4. The van der Waals surface area contributed by atoms with Crippen LogP contribution in [0, 0.1) is 35.5 Å². The highest BCUT2D eigenvalue weighted by atomic mass is 35.5. The second kappa shape index (κ2) is 15.5. The van der Waals surface area contributed by atoms with E-state index in [-0.39, 0.29) is 55.2 Å². The maximum absolute atomic E-state index is 13.2. The number of hydrogen-bond donors (Lipinski definition) is 0. The molecule has 14 heteroatoms. The van der Waals surface area contributed by atoms with Crippen molar-refractivity contribution in [1.82, 2.24) is 0 Å². The second-order valence-electron chi connectivity index (χ2n) is 12.3. The number of halogens is 6. The molecule has 4 rings (SSSR count). The van der Waals surface area contributed by atoms with Gasteiger partial charge in [0.2, 0.25) is 0 Å². The highest BCUT2D eigenvalue weighted by Gasteiger charge is 2.35. The van der Waals surface area contributed by atoms with Crippen LogP contribution in [-0.2, 0) is 19.1 Å². The van der Waals surface area contributed by atoms with Gasteiger partial charge in [-0.3, -0.25) is 0 Å². The second-order valence-corrected chi connectivity index (χ2v) is 14.7. The molecule has 2 aromatic rings. The van der Waals surface area contributed by atoms with Crippen LogP contribution in [0.2, 0.25) is 30.1 Å². The summed E-state index contributed by atoms with van der Waals surface area (Å²) in [6.45, 7) is 8.58. The van der Waals surface area contributed by atoms with Crippen LogP contribution < -0.4 is 9.47 Å². The Balaban J connectivity index is 1.54. The summed E-state index contributed by atoms with van der Waals surface area (Å²) >= 11 is 37.5. The van der Waals surface area contributed by atoms with Gasteiger partial charge in [-0.05, 0) is 73.3 Å². The van der Waals surface area contributed by atoms with E-state index in [9.17, 15) is 19.2 Å². The van der Waals surface area contributed by atoms with Gasteiger partial charge in [-0.25, -0.2) is 19.2 Å². The van der Waals surface area contributed by atoms with E-state index < -0.39 is 46.5 Å². The van der Waals surface area contributed by atoms with E-state index >= 15 is 0 Å². The molecule has 0 bridgehead atoms. The molecule has 2 aliphatic carbocycles. The van der Waals surface area contributed by atoms with Crippen molar-refractivity contribution in [3.63, 3.8) is 0 Å². The zero-order valence-corrected chi connectivity index (χ0v) is 29.9. The van der Waals surface area contributed by atoms with Gasteiger partial charge < -0.3 is 18.9 Å². The molecular formula is C32H32Cl6O8. The van der Waals surface area contributed by atoms with E-state index in [0.29, 0.717) is 23.7 Å². The lowest BCUT2D eigenvalue weighted by atomic mass is 9.99. The molecule has 2 fully saturated rings. The van der Waals surface area contributed by atoms with E-state index in [4.69, 9.17) is 88.6 Å². The molecule has 2 aliphatic rings. The van der Waals surface area contributed by atoms with Crippen molar-refractivity contribution in [2.75, 3.05) is 13.2 Å². The predicted octanol–water partition coefficient (Wildman–Crippen LogP) is 9.80. The number of ether oxygens (including phenoxy) is 4. The summed E-state index contributed by atoms with van der Waals surface area (Å²) < 4.78 is 21.4. The summed E-state index contributed by atoms with van der Waals surface area (Å²) in [5.41, 5.74) is -0.905. The van der Waals surface area contributed by atoms with Gasteiger partial charge in [-0.1, -0.05) is 97.3 Å². The average molecular weight is 757 g/mol. The molecular weight excluding hydrogens is 725 g/mol. The highest BCUT2D eigenvalue weighted by molar-refractivity contribution is 6.47. The maximum Gasteiger partial charge on any atom is 0.423 e. The van der Waals surface area contributed by atoms with Crippen LogP contribution >= 0.6 is 69.6 Å². The van der Waals surface area contributed by atoms with Gasteiger partial charge in [0.1, 0.15) is 11.1 Å². The minimum absolute atomic E-state index is 0.0909. The first kappa shape index (κ1) is 36.9. The van der Waals surface area contributed by atoms with Crippen LogP contribution in [0.25, 0.3) is 0 Å². The minimum Gasteiger partial charge on any atom is -0.462 e. The Morgan fingerprint density at radius 2 is 0.935 bits per heavy atom. The summed E-state index contributed by atoms with van der Waals surface area (Å²) in [6, 6.07) is 2.26. The number of benzene rings is 2. The van der Waals surface area contributed by atoms with Crippen molar-refractivity contribution in [3.05, 3.63) is 53.4 Å². The van der Waals surface area contributed by atoms with E-state index in [1.165, 1.54) is 0 Å². The maximum atomic E-state index is 13.2. The molecule has 0 saturated heterocycles. The van der Waals surface area contributed by atoms with E-state index in [1.54, 1.807) is 0 Å². The fourth-order valence-corrected chi connectivity index (χ4v) is 7.75. The Labute approximate surface area is 297 Å². The molecule has 2 saturated carbocycles. The van der Waals surface area contributed by atoms with Crippen molar-refractivity contribution in [3.8, 4) is 11.5 Å². The monoisotopic (exact) mass is 754 g/mol. The van der Waals surface area contributed by atoms with Crippen LogP contribution in [0.1, 0.15) is 74.1 Å². The van der Waals surface area contributed by atoms with Crippen molar-refractivity contribution in [2.24, 2.45) is 35.5 Å². The molecule has 0 aliphatic heterocycles. The van der Waals surface area contributed by atoms with Gasteiger partial charge in [0.05, 0.1) is 43.3 Å². The molecule has 0 spiro atoms. The van der Waals surface area contributed by atoms with Crippen molar-refractivity contribution < 1.29 is 38.1 Å². The smallest absolute Gasteiger partial charge is 0.423 e. The first-order valence-electron chi connectivity index (χ1n) is 14.7. The zero-order valence-electron chi connectivity index (χ0n) is 25.4. The summed E-state index contributed by atoms with van der Waals surface area (Å²) in [5, 5.41) is -1.45. The molecule has 46 heavy (non-hydrogen) atoms. The summed E-state index contributed by atoms with van der Waals surface area (Å²) in [6.07, 6.45) is 3.74. The van der Waals surface area contributed by atoms with Crippen molar-refractivity contribution in [1.29, 1.82) is 0 Å². The van der Waals surface area contributed by atoms with Crippen LogP contribution in [0.15, 0.2) is 12.1 Å². The number of rotatable bonds is 8. The summed E-state index contributed by atoms with van der Waals surface area (Å²) in [7, 11) is 0. The molecule has 0 N–H and O–H groups in total. The molecule has 2 aromatic carbocycles. The Kier molecular flexibility index (Phi) is 12.4. The van der Waals surface area contributed by atoms with Crippen molar-refractivity contribution >= 4 is 93.5 Å². The third-order valence-corrected chi connectivity index (χ3v) is 10.8. The predicted molar refractivity (Wildman–Crippen MR) is 177 cm³/mol. The molecule has 0 aromatic heterocycles. The Morgan fingerprint density at radius 3 is 1.24 bits per heavy atom. The summed E-state index contributed by atoms with van der Waals surface area (Å²) in [5.74, 6) is -4.46. The topological polar surface area (TPSA) is 105 Å². The SMILES string of the molecule is CC1CC(C)C(COC(=O)c2c(Cl)c(Cl)cc(Cl)c2OC(=O)C(=O)Oc2c(Cl)cc(Cl)c(Cl)c2C(=O)OCC2CC(C)CC2C)C1. The van der Waals surface area contributed by atoms with E-state index in [0.717, 1.165) is 37.8 Å². The first-order valence-corrected chi connectivity index (χ1v) is 17.0. The number of hydrogen-bond acceptors (Lipinski definition) is 8.